The van der Waals surface area contributed by atoms with Gasteiger partial charge in [0.1, 0.15) is 17.2 Å². The summed E-state index contributed by atoms with van der Waals surface area (Å²) in [7, 11) is 0. The minimum atomic E-state index is -0.312. The van der Waals surface area contributed by atoms with Crippen LogP contribution in [0.25, 0.3) is 33.0 Å². The van der Waals surface area contributed by atoms with Crippen molar-refractivity contribution in [3.63, 3.8) is 0 Å². The highest BCUT2D eigenvalue weighted by Gasteiger charge is 2.21. The van der Waals surface area contributed by atoms with E-state index in [2.05, 4.69) is 25.6 Å². The van der Waals surface area contributed by atoms with E-state index in [1.165, 1.54) is 11.3 Å². The molecule has 9 nitrogen and oxygen atoms in total. The van der Waals surface area contributed by atoms with Crippen LogP contribution in [0.5, 0.6) is 0 Å². The summed E-state index contributed by atoms with van der Waals surface area (Å²) < 4.78 is 7.50. The van der Waals surface area contributed by atoms with Gasteiger partial charge in [0.2, 0.25) is 5.13 Å². The lowest BCUT2D eigenvalue weighted by Crippen LogP contribution is -2.13. The van der Waals surface area contributed by atoms with Gasteiger partial charge in [0.05, 0.1) is 22.8 Å². The van der Waals surface area contributed by atoms with Crippen LogP contribution in [0.15, 0.2) is 47.1 Å². The van der Waals surface area contributed by atoms with Crippen LogP contribution in [0.2, 0.25) is 0 Å². The van der Waals surface area contributed by atoms with Gasteiger partial charge in [0.15, 0.2) is 10.7 Å². The Bertz CT molecular complexity index is 1470. The van der Waals surface area contributed by atoms with Gasteiger partial charge in [-0.2, -0.15) is 5.10 Å². The van der Waals surface area contributed by atoms with E-state index in [1.807, 2.05) is 56.6 Å². The average Bonchev–Trinajstić information content (AvgIpc) is 3.51. The fraction of sp³-hybridized carbons (Fsp3) is 0.217. The smallest absolute Gasteiger partial charge is 0.258 e. The van der Waals surface area contributed by atoms with Crippen molar-refractivity contribution in [2.24, 2.45) is 0 Å². The van der Waals surface area contributed by atoms with Crippen molar-refractivity contribution in [2.75, 3.05) is 5.32 Å². The van der Waals surface area contributed by atoms with E-state index in [0.717, 1.165) is 17.1 Å². The lowest BCUT2D eigenvalue weighted by molar-refractivity contribution is 0.102. The zero-order valence-electron chi connectivity index (χ0n) is 18.5. The summed E-state index contributed by atoms with van der Waals surface area (Å²) in [4.78, 5) is 22.5. The van der Waals surface area contributed by atoms with Gasteiger partial charge >= 0.3 is 0 Å². The van der Waals surface area contributed by atoms with Gasteiger partial charge in [-0.15, -0.1) is 10.2 Å². The van der Waals surface area contributed by atoms with Gasteiger partial charge in [0.25, 0.3) is 5.91 Å². The number of aromatic nitrogens is 6. The number of carbonyl (C=O) groups is 1. The number of amides is 1. The van der Waals surface area contributed by atoms with E-state index in [-0.39, 0.29) is 11.9 Å². The molecule has 0 aliphatic carbocycles. The van der Waals surface area contributed by atoms with Crippen molar-refractivity contribution < 1.29 is 9.21 Å². The van der Waals surface area contributed by atoms with Crippen molar-refractivity contribution in [1.29, 1.82) is 0 Å². The second-order valence-corrected chi connectivity index (χ2v) is 8.86. The minimum Gasteiger partial charge on any atom is -0.466 e. The first-order chi connectivity index (χ1) is 15.9. The number of aryl methyl sites for hydroxylation is 2. The Hall–Kier alpha value is -3.92. The Morgan fingerprint density at radius 3 is 2.70 bits per heavy atom. The molecule has 0 atom stereocenters. The van der Waals surface area contributed by atoms with E-state index in [0.29, 0.717) is 38.1 Å². The lowest BCUT2D eigenvalue weighted by atomic mass is 10.1. The van der Waals surface area contributed by atoms with Crippen molar-refractivity contribution in [3.05, 3.63) is 59.8 Å². The predicted molar refractivity (Wildman–Crippen MR) is 126 cm³/mol. The SMILES string of the molecule is Cc1cc(-c2cc(C(=O)Nc3nnc(-c4ccccn4)s3)c3cnn(C(C)C)c3n2)c(C)o1. The van der Waals surface area contributed by atoms with Crippen LogP contribution in [-0.2, 0) is 0 Å². The Kier molecular flexibility index (Phi) is 5.21. The number of hydrogen-bond acceptors (Lipinski definition) is 8. The van der Waals surface area contributed by atoms with Gasteiger partial charge in [-0.25, -0.2) is 9.67 Å². The third kappa shape index (κ3) is 3.89. The maximum Gasteiger partial charge on any atom is 0.258 e. The van der Waals surface area contributed by atoms with Crippen LogP contribution in [0, 0.1) is 13.8 Å². The standard InChI is InChI=1S/C23H21N7O2S/c1-12(2)30-20-17(11-25-30)16(10-19(26-20)15-9-13(3)32-14(15)4)21(31)27-23-29-28-22(33-23)18-7-5-6-8-24-18/h5-12H,1-4H3,(H,27,29,31). The summed E-state index contributed by atoms with van der Waals surface area (Å²) in [5, 5.41) is 17.3. The van der Waals surface area contributed by atoms with Crippen LogP contribution in [0.3, 0.4) is 0 Å². The lowest BCUT2D eigenvalue weighted by Gasteiger charge is -2.10. The topological polar surface area (TPSA) is 112 Å². The number of anilines is 1. The molecule has 0 aliphatic rings. The monoisotopic (exact) mass is 459 g/mol. The number of rotatable bonds is 5. The first kappa shape index (κ1) is 21.0. The molecule has 5 aromatic heterocycles. The van der Waals surface area contributed by atoms with Crippen LogP contribution in [0.1, 0.15) is 41.8 Å². The Morgan fingerprint density at radius 2 is 2.00 bits per heavy atom. The summed E-state index contributed by atoms with van der Waals surface area (Å²) in [6.07, 6.45) is 3.37. The van der Waals surface area contributed by atoms with E-state index in [1.54, 1.807) is 18.5 Å². The molecule has 0 spiro atoms. The van der Waals surface area contributed by atoms with Crippen LogP contribution < -0.4 is 5.32 Å². The predicted octanol–water partition coefficient (Wildman–Crippen LogP) is 5.05. The summed E-state index contributed by atoms with van der Waals surface area (Å²) in [6, 6.07) is 9.33. The molecule has 1 N–H and O–H groups in total. The molecule has 10 heteroatoms. The molecule has 5 heterocycles. The molecule has 0 radical (unpaired) electrons. The third-order valence-corrected chi connectivity index (χ3v) is 6.01. The van der Waals surface area contributed by atoms with Gasteiger partial charge in [-0.05, 0) is 52.0 Å². The molecule has 1 amide bonds. The van der Waals surface area contributed by atoms with E-state index in [4.69, 9.17) is 9.40 Å². The number of nitrogens with one attached hydrogen (secondary N) is 1. The van der Waals surface area contributed by atoms with Crippen LogP contribution >= 0.6 is 11.3 Å². The Balaban J connectivity index is 1.56. The number of carbonyl (C=O) groups excluding carboxylic acids is 1. The number of pyridine rings is 2. The fourth-order valence-electron chi connectivity index (χ4n) is 3.64. The zero-order chi connectivity index (χ0) is 23.1. The highest BCUT2D eigenvalue weighted by atomic mass is 32.1. The number of nitrogens with zero attached hydrogens (tertiary/aromatic N) is 6. The highest BCUT2D eigenvalue weighted by Crippen LogP contribution is 2.31. The maximum absolute atomic E-state index is 13.4. The normalized spacial score (nSPS) is 11.4. The Morgan fingerprint density at radius 1 is 1.15 bits per heavy atom. The second kappa shape index (κ2) is 8.21. The molecule has 0 aliphatic heterocycles. The number of fused-ring (bicyclic) bond motifs is 1. The molecule has 0 saturated heterocycles. The first-order valence-corrected chi connectivity index (χ1v) is 11.2. The maximum atomic E-state index is 13.4. The summed E-state index contributed by atoms with van der Waals surface area (Å²) >= 11 is 1.26. The quantitative estimate of drug-likeness (QED) is 0.391. The molecule has 0 saturated carbocycles. The molecule has 0 fully saturated rings. The van der Waals surface area contributed by atoms with Crippen molar-refractivity contribution >= 4 is 33.4 Å². The summed E-state index contributed by atoms with van der Waals surface area (Å²) in [5.74, 6) is 1.21. The van der Waals surface area contributed by atoms with E-state index < -0.39 is 0 Å². The molecule has 0 bridgehead atoms. The van der Waals surface area contributed by atoms with Crippen molar-refractivity contribution in [1.82, 2.24) is 29.9 Å². The van der Waals surface area contributed by atoms with Crippen molar-refractivity contribution in [2.45, 2.75) is 33.7 Å². The summed E-state index contributed by atoms with van der Waals surface area (Å²) in [6.45, 7) is 7.81. The highest BCUT2D eigenvalue weighted by molar-refractivity contribution is 7.18. The van der Waals surface area contributed by atoms with Gasteiger partial charge < -0.3 is 4.42 Å². The molecule has 5 aromatic rings. The number of furan rings is 1. The second-order valence-electron chi connectivity index (χ2n) is 7.88. The fourth-order valence-corrected chi connectivity index (χ4v) is 4.35. The zero-order valence-corrected chi connectivity index (χ0v) is 19.3. The minimum absolute atomic E-state index is 0.0810. The van der Waals surface area contributed by atoms with Gasteiger partial charge in [-0.1, -0.05) is 17.4 Å². The van der Waals surface area contributed by atoms with Gasteiger partial charge in [0, 0.05) is 17.8 Å². The summed E-state index contributed by atoms with van der Waals surface area (Å²) in [5.41, 5.74) is 3.28. The first-order valence-electron chi connectivity index (χ1n) is 10.4. The number of hydrogen-bond donors (Lipinski definition) is 1. The molecule has 33 heavy (non-hydrogen) atoms. The van der Waals surface area contributed by atoms with E-state index in [9.17, 15) is 4.79 Å². The molecule has 0 unspecified atom stereocenters. The molecule has 5 rings (SSSR count). The van der Waals surface area contributed by atoms with Crippen LogP contribution in [0.4, 0.5) is 5.13 Å². The van der Waals surface area contributed by atoms with Gasteiger partial charge in [-0.3, -0.25) is 15.1 Å². The van der Waals surface area contributed by atoms with Crippen molar-refractivity contribution in [3.8, 4) is 22.0 Å². The van der Waals surface area contributed by atoms with E-state index >= 15 is 0 Å². The molecule has 0 aromatic carbocycles. The Labute approximate surface area is 193 Å². The molecular weight excluding hydrogens is 438 g/mol. The molecule has 166 valence electrons. The third-order valence-electron chi connectivity index (χ3n) is 5.15. The largest absolute Gasteiger partial charge is 0.466 e. The van der Waals surface area contributed by atoms with Crippen LogP contribution in [-0.4, -0.2) is 35.9 Å². The molecular formula is C23H21N7O2S. The average molecular weight is 460 g/mol.